The van der Waals surface area contributed by atoms with Crippen LogP contribution in [0.25, 0.3) is 0 Å². The Morgan fingerprint density at radius 1 is 1.06 bits per heavy atom. The molecule has 2 amide bonds. The molecule has 0 aromatic heterocycles. The number of carbonyl (C=O) groups is 2. The van der Waals surface area contributed by atoms with E-state index in [9.17, 15) is 18.0 Å². The molecule has 1 fully saturated rings. The van der Waals surface area contributed by atoms with Crippen LogP contribution < -0.4 is 15.4 Å². The first-order chi connectivity index (χ1) is 14.8. The van der Waals surface area contributed by atoms with E-state index in [-0.39, 0.29) is 41.8 Å². The highest BCUT2D eigenvalue weighted by Gasteiger charge is 2.29. The minimum atomic E-state index is -3.65. The summed E-state index contributed by atoms with van der Waals surface area (Å²) in [4.78, 5) is 24.5. The van der Waals surface area contributed by atoms with Crippen LogP contribution in [0.15, 0.2) is 53.4 Å². The molecular formula is C22H27N3O5S. The van der Waals surface area contributed by atoms with Crippen molar-refractivity contribution >= 4 is 27.5 Å². The first-order valence-electron chi connectivity index (χ1n) is 10.1. The number of carbonyl (C=O) groups excluding carboxylic acids is 2. The molecule has 1 saturated carbocycles. The van der Waals surface area contributed by atoms with Crippen LogP contribution in [0.3, 0.4) is 0 Å². The van der Waals surface area contributed by atoms with Gasteiger partial charge in [0, 0.05) is 30.8 Å². The molecule has 8 nitrogen and oxygen atoms in total. The first-order valence-corrected chi connectivity index (χ1v) is 11.6. The van der Waals surface area contributed by atoms with E-state index in [1.165, 1.54) is 31.4 Å². The summed E-state index contributed by atoms with van der Waals surface area (Å²) in [6, 6.07) is 12.8. The number of hydrogen-bond donors (Lipinski definition) is 3. The Hall–Kier alpha value is -2.75. The van der Waals surface area contributed by atoms with Crippen molar-refractivity contribution in [2.24, 2.45) is 5.92 Å². The number of ether oxygens (including phenoxy) is 1. The summed E-state index contributed by atoms with van der Waals surface area (Å²) >= 11 is 0. The molecule has 0 saturated heterocycles. The second-order valence-corrected chi connectivity index (χ2v) is 9.26. The van der Waals surface area contributed by atoms with Gasteiger partial charge in [0.15, 0.2) is 0 Å². The van der Waals surface area contributed by atoms with Crippen LogP contribution in [0, 0.1) is 5.92 Å². The molecule has 3 N–H and O–H groups in total. The van der Waals surface area contributed by atoms with Crippen molar-refractivity contribution in [1.82, 2.24) is 10.0 Å². The van der Waals surface area contributed by atoms with Crippen molar-refractivity contribution in [3.63, 3.8) is 0 Å². The maximum atomic E-state index is 12.5. The molecule has 1 unspecified atom stereocenters. The zero-order valence-electron chi connectivity index (χ0n) is 17.6. The molecule has 166 valence electrons. The van der Waals surface area contributed by atoms with Crippen molar-refractivity contribution in [3.8, 4) is 0 Å². The Balaban J connectivity index is 1.57. The van der Waals surface area contributed by atoms with Gasteiger partial charge in [-0.25, -0.2) is 13.1 Å². The van der Waals surface area contributed by atoms with Crippen molar-refractivity contribution in [3.05, 3.63) is 59.7 Å². The van der Waals surface area contributed by atoms with Crippen molar-refractivity contribution in [2.75, 3.05) is 25.6 Å². The zero-order chi connectivity index (χ0) is 22.4. The highest BCUT2D eigenvalue weighted by atomic mass is 32.2. The number of hydrogen-bond acceptors (Lipinski definition) is 5. The predicted molar refractivity (Wildman–Crippen MR) is 117 cm³/mol. The van der Waals surface area contributed by atoms with Crippen LogP contribution in [0.4, 0.5) is 5.69 Å². The molecule has 0 radical (unpaired) electrons. The number of nitrogens with one attached hydrogen (secondary N) is 3. The smallest absolute Gasteiger partial charge is 0.251 e. The predicted octanol–water partition coefficient (Wildman–Crippen LogP) is 2.45. The largest absolute Gasteiger partial charge is 0.383 e. The first kappa shape index (κ1) is 22.9. The summed E-state index contributed by atoms with van der Waals surface area (Å²) in [5, 5.41) is 5.78. The molecule has 31 heavy (non-hydrogen) atoms. The molecule has 0 spiro atoms. The Morgan fingerprint density at radius 2 is 1.71 bits per heavy atom. The lowest BCUT2D eigenvalue weighted by Crippen LogP contribution is -2.28. The fourth-order valence-corrected chi connectivity index (χ4v) is 3.97. The van der Waals surface area contributed by atoms with Crippen LogP contribution >= 0.6 is 0 Å². The Morgan fingerprint density at radius 3 is 2.29 bits per heavy atom. The topological polar surface area (TPSA) is 114 Å². The van der Waals surface area contributed by atoms with Crippen LogP contribution in [-0.4, -0.2) is 40.5 Å². The third-order valence-corrected chi connectivity index (χ3v) is 6.48. The zero-order valence-corrected chi connectivity index (χ0v) is 18.4. The molecule has 3 rings (SSSR count). The summed E-state index contributed by atoms with van der Waals surface area (Å²) in [5.41, 5.74) is 1.98. The normalized spacial score (nSPS) is 14.6. The standard InChI is InChI=1S/C22H27N3O5S/c1-15(16-5-9-19(10-6-16)25-22(27)17-3-4-17)24-21(26)18-7-11-20(12-8-18)31(28,29)23-13-14-30-2/h5-12,15,17,23H,3-4,13-14H2,1-2H3,(H,24,26)(H,25,27). The van der Waals surface area contributed by atoms with E-state index in [0.717, 1.165) is 24.1 Å². The lowest BCUT2D eigenvalue weighted by atomic mass is 10.1. The highest BCUT2D eigenvalue weighted by Crippen LogP contribution is 2.30. The molecule has 1 aliphatic carbocycles. The fourth-order valence-electron chi connectivity index (χ4n) is 2.96. The van der Waals surface area contributed by atoms with E-state index in [4.69, 9.17) is 4.74 Å². The molecule has 1 aliphatic rings. The minimum Gasteiger partial charge on any atom is -0.383 e. The molecule has 0 bridgehead atoms. The SMILES string of the molecule is COCCNS(=O)(=O)c1ccc(C(=O)NC(C)c2ccc(NC(=O)C3CC3)cc2)cc1. The van der Waals surface area contributed by atoms with E-state index < -0.39 is 10.0 Å². The summed E-state index contributed by atoms with van der Waals surface area (Å²) in [6.45, 7) is 2.29. The summed E-state index contributed by atoms with van der Waals surface area (Å²) in [7, 11) is -2.16. The molecular weight excluding hydrogens is 418 g/mol. The Kier molecular flexibility index (Phi) is 7.42. The monoisotopic (exact) mass is 445 g/mol. The van der Waals surface area contributed by atoms with Gasteiger partial charge in [0.25, 0.3) is 5.91 Å². The van der Waals surface area contributed by atoms with Crippen LogP contribution in [-0.2, 0) is 19.6 Å². The number of amides is 2. The van der Waals surface area contributed by atoms with E-state index in [1.807, 2.05) is 31.2 Å². The summed E-state index contributed by atoms with van der Waals surface area (Å²) < 4.78 is 31.6. The molecule has 2 aromatic rings. The van der Waals surface area contributed by atoms with E-state index >= 15 is 0 Å². The second-order valence-electron chi connectivity index (χ2n) is 7.50. The van der Waals surface area contributed by atoms with Gasteiger partial charge in [0.2, 0.25) is 15.9 Å². The summed E-state index contributed by atoms with van der Waals surface area (Å²) in [6.07, 6.45) is 1.90. The average Bonchev–Trinajstić information content (AvgIpc) is 3.60. The van der Waals surface area contributed by atoms with Gasteiger partial charge < -0.3 is 15.4 Å². The Labute approximate surface area is 182 Å². The van der Waals surface area contributed by atoms with Gasteiger partial charge in [-0.3, -0.25) is 9.59 Å². The minimum absolute atomic E-state index is 0.0495. The number of sulfonamides is 1. The number of anilines is 1. The van der Waals surface area contributed by atoms with Gasteiger partial charge in [-0.2, -0.15) is 0 Å². The van der Waals surface area contributed by atoms with Crippen LogP contribution in [0.5, 0.6) is 0 Å². The van der Waals surface area contributed by atoms with Crippen molar-refractivity contribution < 1.29 is 22.7 Å². The fraction of sp³-hybridized carbons (Fsp3) is 0.364. The molecule has 0 aliphatic heterocycles. The lowest BCUT2D eigenvalue weighted by Gasteiger charge is -2.15. The quantitative estimate of drug-likeness (QED) is 0.486. The molecule has 0 heterocycles. The van der Waals surface area contributed by atoms with Crippen LogP contribution in [0.2, 0.25) is 0 Å². The number of methoxy groups -OCH3 is 1. The molecule has 2 aromatic carbocycles. The van der Waals surface area contributed by atoms with Crippen LogP contribution in [0.1, 0.15) is 41.7 Å². The van der Waals surface area contributed by atoms with E-state index in [2.05, 4.69) is 15.4 Å². The summed E-state index contributed by atoms with van der Waals surface area (Å²) in [5.74, 6) is -0.122. The highest BCUT2D eigenvalue weighted by molar-refractivity contribution is 7.89. The van der Waals surface area contributed by atoms with Crippen molar-refractivity contribution in [2.45, 2.75) is 30.7 Å². The maximum Gasteiger partial charge on any atom is 0.251 e. The van der Waals surface area contributed by atoms with E-state index in [1.54, 1.807) is 0 Å². The molecule has 1 atom stereocenters. The third-order valence-electron chi connectivity index (χ3n) is 5.00. The van der Waals surface area contributed by atoms with Gasteiger partial charge in [-0.1, -0.05) is 12.1 Å². The third kappa shape index (κ3) is 6.36. The number of benzene rings is 2. The average molecular weight is 446 g/mol. The van der Waals surface area contributed by atoms with Gasteiger partial charge >= 0.3 is 0 Å². The van der Waals surface area contributed by atoms with Gasteiger partial charge in [-0.05, 0) is 61.7 Å². The Bertz CT molecular complexity index is 1020. The van der Waals surface area contributed by atoms with Gasteiger partial charge in [0.05, 0.1) is 17.5 Å². The van der Waals surface area contributed by atoms with Gasteiger partial charge in [0.1, 0.15) is 0 Å². The molecule has 9 heteroatoms. The second kappa shape index (κ2) is 10.0. The maximum absolute atomic E-state index is 12.5. The van der Waals surface area contributed by atoms with Crippen molar-refractivity contribution in [1.29, 1.82) is 0 Å². The number of rotatable bonds is 10. The lowest BCUT2D eigenvalue weighted by molar-refractivity contribution is -0.117. The van der Waals surface area contributed by atoms with E-state index in [0.29, 0.717) is 5.56 Å². The van der Waals surface area contributed by atoms with Gasteiger partial charge in [-0.15, -0.1) is 0 Å².